The molecule has 0 spiro atoms. The van der Waals surface area contributed by atoms with Crippen molar-refractivity contribution in [2.75, 3.05) is 0 Å². The van der Waals surface area contributed by atoms with E-state index in [1.165, 1.54) is 37.8 Å². The molecule has 0 amide bonds. The molecule has 0 aliphatic rings. The molecule has 5 aromatic rings. The van der Waals surface area contributed by atoms with E-state index in [0.29, 0.717) is 0 Å². The average molecular weight is 282 g/mol. The lowest BCUT2D eigenvalue weighted by Gasteiger charge is -2.10. The third-order valence-corrected chi connectivity index (χ3v) is 4.62. The number of hydrogen-bond donors (Lipinski definition) is 0. The van der Waals surface area contributed by atoms with E-state index in [4.69, 9.17) is 0 Å². The topological polar surface area (TPSA) is 17.8 Å². The summed E-state index contributed by atoms with van der Waals surface area (Å²) < 4.78 is 2.17. The number of pyridine rings is 1. The second kappa shape index (κ2) is 4.08. The van der Waals surface area contributed by atoms with Crippen molar-refractivity contribution in [1.82, 2.24) is 9.55 Å². The standard InChI is InChI=1S/C20H14N2/c1-22-12-10-16-18(22)9-8-14-13-5-2-3-6-15(13)20-17(19(14)16)7-4-11-21-20/h2-12H,1H3. The van der Waals surface area contributed by atoms with Gasteiger partial charge < -0.3 is 4.57 Å². The number of aromatic nitrogens is 2. The highest BCUT2D eigenvalue weighted by Gasteiger charge is 2.12. The Labute approximate surface area is 127 Å². The lowest BCUT2D eigenvalue weighted by molar-refractivity contribution is 0.969. The van der Waals surface area contributed by atoms with Crippen LogP contribution in [0.1, 0.15) is 0 Å². The molecule has 2 heterocycles. The smallest absolute Gasteiger partial charge is 0.0786 e. The van der Waals surface area contributed by atoms with Crippen molar-refractivity contribution in [3.63, 3.8) is 0 Å². The van der Waals surface area contributed by atoms with Crippen molar-refractivity contribution in [1.29, 1.82) is 0 Å². The summed E-state index contributed by atoms with van der Waals surface area (Å²) >= 11 is 0. The first-order chi connectivity index (χ1) is 10.8. The second-order valence-electron chi connectivity index (χ2n) is 5.79. The van der Waals surface area contributed by atoms with Gasteiger partial charge in [-0.3, -0.25) is 4.98 Å². The van der Waals surface area contributed by atoms with Gasteiger partial charge in [0.1, 0.15) is 0 Å². The van der Waals surface area contributed by atoms with E-state index in [1.807, 2.05) is 12.3 Å². The molecule has 2 nitrogen and oxygen atoms in total. The molecule has 104 valence electrons. The van der Waals surface area contributed by atoms with Gasteiger partial charge in [0, 0.05) is 46.5 Å². The molecule has 0 aliphatic heterocycles. The van der Waals surface area contributed by atoms with Gasteiger partial charge in [0.05, 0.1) is 5.52 Å². The summed E-state index contributed by atoms with van der Waals surface area (Å²) in [6.07, 6.45) is 4.01. The molecule has 0 saturated heterocycles. The largest absolute Gasteiger partial charge is 0.351 e. The average Bonchev–Trinajstić information content (AvgIpc) is 2.96. The highest BCUT2D eigenvalue weighted by Crippen LogP contribution is 2.37. The van der Waals surface area contributed by atoms with Crippen LogP contribution in [0.3, 0.4) is 0 Å². The number of aryl methyl sites for hydroxylation is 1. The molecule has 0 bridgehead atoms. The van der Waals surface area contributed by atoms with E-state index in [2.05, 4.69) is 71.3 Å². The van der Waals surface area contributed by atoms with Crippen LogP contribution < -0.4 is 0 Å². The Morgan fingerprint density at radius 1 is 0.727 bits per heavy atom. The van der Waals surface area contributed by atoms with Crippen molar-refractivity contribution < 1.29 is 0 Å². The maximum Gasteiger partial charge on any atom is 0.0786 e. The first-order valence-corrected chi connectivity index (χ1v) is 7.48. The summed E-state index contributed by atoms with van der Waals surface area (Å²) in [6.45, 7) is 0. The maximum atomic E-state index is 4.67. The van der Waals surface area contributed by atoms with E-state index in [1.54, 1.807) is 0 Å². The fraction of sp³-hybridized carbons (Fsp3) is 0.0500. The molecule has 3 aromatic carbocycles. The highest BCUT2D eigenvalue weighted by molar-refractivity contribution is 6.30. The van der Waals surface area contributed by atoms with Gasteiger partial charge in [0.15, 0.2) is 0 Å². The summed E-state index contributed by atoms with van der Waals surface area (Å²) in [5, 5.41) is 7.63. The van der Waals surface area contributed by atoms with Gasteiger partial charge in [-0.1, -0.05) is 36.4 Å². The SMILES string of the molecule is Cn1ccc2c3c(ccc21)c1ccccc1c1ncccc13. The van der Waals surface area contributed by atoms with Gasteiger partial charge in [-0.25, -0.2) is 0 Å². The second-order valence-corrected chi connectivity index (χ2v) is 5.79. The van der Waals surface area contributed by atoms with E-state index >= 15 is 0 Å². The quantitative estimate of drug-likeness (QED) is 0.364. The number of fused-ring (bicyclic) bond motifs is 8. The van der Waals surface area contributed by atoms with Gasteiger partial charge in [0.25, 0.3) is 0 Å². The minimum absolute atomic E-state index is 1.09. The fourth-order valence-corrected chi connectivity index (χ4v) is 3.61. The zero-order chi connectivity index (χ0) is 14.7. The van der Waals surface area contributed by atoms with Crippen LogP contribution in [-0.4, -0.2) is 9.55 Å². The first-order valence-electron chi connectivity index (χ1n) is 7.48. The molecule has 0 N–H and O–H groups in total. The third-order valence-electron chi connectivity index (χ3n) is 4.62. The Hall–Kier alpha value is -2.87. The molecule has 5 rings (SSSR count). The fourth-order valence-electron chi connectivity index (χ4n) is 3.61. The van der Waals surface area contributed by atoms with Gasteiger partial charge >= 0.3 is 0 Å². The van der Waals surface area contributed by atoms with Crippen LogP contribution in [0, 0.1) is 0 Å². The minimum Gasteiger partial charge on any atom is -0.351 e. The Balaban J connectivity index is 2.23. The molecule has 2 heteroatoms. The van der Waals surface area contributed by atoms with Crippen LogP contribution in [0.25, 0.3) is 43.4 Å². The lowest BCUT2D eigenvalue weighted by Crippen LogP contribution is -1.88. The summed E-state index contributed by atoms with van der Waals surface area (Å²) in [4.78, 5) is 4.67. The van der Waals surface area contributed by atoms with Crippen LogP contribution in [0.5, 0.6) is 0 Å². The molecule has 0 fully saturated rings. The van der Waals surface area contributed by atoms with Crippen LogP contribution in [0.2, 0.25) is 0 Å². The Morgan fingerprint density at radius 3 is 2.45 bits per heavy atom. The predicted molar refractivity (Wildman–Crippen MR) is 93.2 cm³/mol. The maximum absolute atomic E-state index is 4.67. The number of nitrogens with zero attached hydrogens (tertiary/aromatic N) is 2. The van der Waals surface area contributed by atoms with Crippen molar-refractivity contribution >= 4 is 43.4 Å². The Morgan fingerprint density at radius 2 is 1.55 bits per heavy atom. The predicted octanol–water partition coefficient (Wildman–Crippen LogP) is 5.03. The normalized spacial score (nSPS) is 11.9. The third kappa shape index (κ3) is 1.37. The van der Waals surface area contributed by atoms with E-state index in [-0.39, 0.29) is 0 Å². The van der Waals surface area contributed by atoms with E-state index in [0.717, 1.165) is 5.52 Å². The number of benzene rings is 3. The summed E-state index contributed by atoms with van der Waals surface area (Å²) in [5.74, 6) is 0. The zero-order valence-corrected chi connectivity index (χ0v) is 12.2. The van der Waals surface area contributed by atoms with Crippen molar-refractivity contribution in [2.24, 2.45) is 7.05 Å². The molecule has 22 heavy (non-hydrogen) atoms. The first kappa shape index (κ1) is 11.8. The molecular weight excluding hydrogens is 268 g/mol. The molecule has 0 saturated carbocycles. The zero-order valence-electron chi connectivity index (χ0n) is 12.2. The summed E-state index contributed by atoms with van der Waals surface area (Å²) in [6, 6.07) is 19.4. The van der Waals surface area contributed by atoms with Gasteiger partial charge in [-0.05, 0) is 29.0 Å². The number of rotatable bonds is 0. The van der Waals surface area contributed by atoms with Gasteiger partial charge in [0.2, 0.25) is 0 Å². The Bertz CT molecular complexity index is 1150. The van der Waals surface area contributed by atoms with Crippen molar-refractivity contribution in [3.8, 4) is 0 Å². The molecular formula is C20H14N2. The van der Waals surface area contributed by atoms with Crippen molar-refractivity contribution in [2.45, 2.75) is 0 Å². The molecule has 2 aromatic heterocycles. The monoisotopic (exact) mass is 282 g/mol. The van der Waals surface area contributed by atoms with Crippen LogP contribution >= 0.6 is 0 Å². The van der Waals surface area contributed by atoms with E-state index < -0.39 is 0 Å². The van der Waals surface area contributed by atoms with Crippen LogP contribution in [0.4, 0.5) is 0 Å². The highest BCUT2D eigenvalue weighted by atomic mass is 14.9. The summed E-state index contributed by atoms with van der Waals surface area (Å²) in [7, 11) is 2.09. The number of hydrogen-bond acceptors (Lipinski definition) is 1. The molecule has 0 atom stereocenters. The molecule has 0 aliphatic carbocycles. The lowest BCUT2D eigenvalue weighted by atomic mass is 9.95. The molecule has 0 unspecified atom stereocenters. The van der Waals surface area contributed by atoms with E-state index in [9.17, 15) is 0 Å². The molecule has 0 radical (unpaired) electrons. The van der Waals surface area contributed by atoms with Crippen LogP contribution in [0.15, 0.2) is 67.0 Å². The minimum atomic E-state index is 1.09. The van der Waals surface area contributed by atoms with Gasteiger partial charge in [-0.2, -0.15) is 0 Å². The van der Waals surface area contributed by atoms with Gasteiger partial charge in [-0.15, -0.1) is 0 Å². The Kier molecular flexibility index (Phi) is 2.18. The van der Waals surface area contributed by atoms with Crippen molar-refractivity contribution in [3.05, 3.63) is 67.0 Å². The summed E-state index contributed by atoms with van der Waals surface area (Å²) in [5.41, 5.74) is 2.34. The van der Waals surface area contributed by atoms with Crippen LogP contribution in [-0.2, 0) is 7.05 Å².